The zero-order valence-electron chi connectivity index (χ0n) is 6.24. The van der Waals surface area contributed by atoms with E-state index in [9.17, 15) is 0 Å². The van der Waals surface area contributed by atoms with Crippen molar-refractivity contribution in [3.05, 3.63) is 36.4 Å². The molecule has 0 unspecified atom stereocenters. The minimum absolute atomic E-state index is 0.968. The van der Waals surface area contributed by atoms with Crippen molar-refractivity contribution in [1.82, 2.24) is 0 Å². The van der Waals surface area contributed by atoms with Crippen LogP contribution in [0.2, 0.25) is 0 Å². The van der Waals surface area contributed by atoms with Crippen molar-refractivity contribution in [2.45, 2.75) is 18.1 Å². The van der Waals surface area contributed by atoms with Crippen LogP contribution in [0.5, 0.6) is 0 Å². The van der Waals surface area contributed by atoms with Crippen LogP contribution in [0.15, 0.2) is 36.4 Å². The van der Waals surface area contributed by atoms with Gasteiger partial charge in [0, 0.05) is 5.25 Å². The maximum atomic E-state index is 3.29. The van der Waals surface area contributed by atoms with Gasteiger partial charge in [-0.3, -0.25) is 0 Å². The molecule has 0 N–H and O–H groups in total. The van der Waals surface area contributed by atoms with Crippen molar-refractivity contribution in [2.24, 2.45) is 0 Å². The molecule has 0 amide bonds. The molecule has 0 radical (unpaired) electrons. The Balaban J connectivity index is 0.000000112. The van der Waals surface area contributed by atoms with E-state index in [0.717, 1.165) is 5.25 Å². The molecule has 0 atom stereocenters. The molecule has 1 fully saturated rings. The lowest BCUT2D eigenvalue weighted by Gasteiger charge is -1.70. The zero-order chi connectivity index (χ0) is 7.94. The Bertz CT molecular complexity index is 145. The van der Waals surface area contributed by atoms with Crippen LogP contribution in [-0.4, -0.2) is 5.25 Å². The van der Waals surface area contributed by atoms with Gasteiger partial charge in [0.2, 0.25) is 0 Å². The SMILES string of the molecule is BrSC1CC1.c1ccccc1. The highest BCUT2D eigenvalue weighted by atomic mass is 79.9. The predicted molar refractivity (Wildman–Crippen MR) is 56.0 cm³/mol. The summed E-state index contributed by atoms with van der Waals surface area (Å²) in [5, 5.41) is 0.968. The largest absolute Gasteiger partial charge is 0.0801 e. The third-order valence-corrected chi connectivity index (χ3v) is 3.63. The number of benzene rings is 1. The Kier molecular flexibility index (Phi) is 4.71. The van der Waals surface area contributed by atoms with Crippen molar-refractivity contribution in [3.8, 4) is 0 Å². The van der Waals surface area contributed by atoms with Gasteiger partial charge in [-0.1, -0.05) is 46.6 Å². The van der Waals surface area contributed by atoms with Crippen LogP contribution < -0.4 is 0 Å². The quantitative estimate of drug-likeness (QED) is 0.706. The van der Waals surface area contributed by atoms with Crippen LogP contribution in [0.1, 0.15) is 12.8 Å². The molecule has 1 aliphatic rings. The first-order valence-electron chi connectivity index (χ1n) is 3.71. The topological polar surface area (TPSA) is 0 Å². The summed E-state index contributed by atoms with van der Waals surface area (Å²) in [7, 11) is 1.80. The van der Waals surface area contributed by atoms with Gasteiger partial charge in [0.05, 0.1) is 0 Å². The highest BCUT2D eigenvalue weighted by molar-refractivity contribution is 9.50. The molecule has 0 saturated heterocycles. The van der Waals surface area contributed by atoms with Gasteiger partial charge in [-0.2, -0.15) is 0 Å². The Morgan fingerprint density at radius 2 is 1.27 bits per heavy atom. The Hall–Kier alpha value is 0.0500. The Morgan fingerprint density at radius 3 is 1.36 bits per heavy atom. The van der Waals surface area contributed by atoms with Crippen LogP contribution in [-0.2, 0) is 0 Å². The fourth-order valence-electron chi connectivity index (χ4n) is 0.542. The molecule has 1 aliphatic carbocycles. The molecule has 2 rings (SSSR count). The standard InChI is InChI=1S/C6H6.C3H5BrS/c1-2-4-6-5-3-1;4-5-3-1-2-3/h1-6H;3H,1-2H2. The molecular weight excluding hydrogens is 220 g/mol. The fraction of sp³-hybridized carbons (Fsp3) is 0.333. The van der Waals surface area contributed by atoms with Crippen molar-refractivity contribution < 1.29 is 0 Å². The number of hydrogen-bond donors (Lipinski definition) is 0. The molecule has 0 heterocycles. The summed E-state index contributed by atoms with van der Waals surface area (Å²) in [6.45, 7) is 0. The summed E-state index contributed by atoms with van der Waals surface area (Å²) in [5.41, 5.74) is 0. The van der Waals surface area contributed by atoms with E-state index in [1.807, 2.05) is 36.4 Å². The first-order valence-corrected chi connectivity index (χ1v) is 6.43. The molecule has 0 aromatic heterocycles. The third-order valence-electron chi connectivity index (χ3n) is 1.32. The molecule has 1 aromatic carbocycles. The molecule has 2 heteroatoms. The van der Waals surface area contributed by atoms with Gasteiger partial charge >= 0.3 is 0 Å². The first-order chi connectivity index (χ1) is 5.43. The molecule has 1 aromatic rings. The maximum absolute atomic E-state index is 3.29. The molecule has 0 spiro atoms. The number of rotatable bonds is 1. The minimum atomic E-state index is 0.968. The molecule has 0 aliphatic heterocycles. The maximum Gasteiger partial charge on any atom is 0.0157 e. The fourth-order valence-corrected chi connectivity index (χ4v) is 1.98. The van der Waals surface area contributed by atoms with Crippen molar-refractivity contribution in [2.75, 3.05) is 0 Å². The van der Waals surface area contributed by atoms with Crippen LogP contribution in [0.3, 0.4) is 0 Å². The van der Waals surface area contributed by atoms with Gasteiger partial charge < -0.3 is 0 Å². The van der Waals surface area contributed by atoms with E-state index in [0.29, 0.717) is 0 Å². The molecule has 11 heavy (non-hydrogen) atoms. The number of halogens is 1. The lowest BCUT2D eigenvalue weighted by Crippen LogP contribution is -1.52. The van der Waals surface area contributed by atoms with E-state index in [2.05, 4.69) is 14.8 Å². The van der Waals surface area contributed by atoms with Gasteiger partial charge in [-0.15, -0.1) is 0 Å². The van der Waals surface area contributed by atoms with Crippen LogP contribution in [0.4, 0.5) is 0 Å². The van der Waals surface area contributed by atoms with Gasteiger partial charge in [0.25, 0.3) is 0 Å². The summed E-state index contributed by atoms with van der Waals surface area (Å²) in [6, 6.07) is 12.0. The van der Waals surface area contributed by atoms with E-state index in [1.165, 1.54) is 12.8 Å². The van der Waals surface area contributed by atoms with Gasteiger partial charge in [0.1, 0.15) is 0 Å². The van der Waals surface area contributed by atoms with Gasteiger partial charge in [0.15, 0.2) is 0 Å². The first kappa shape index (κ1) is 9.14. The number of hydrogen-bond acceptors (Lipinski definition) is 1. The Morgan fingerprint density at radius 1 is 0.909 bits per heavy atom. The highest BCUT2D eigenvalue weighted by Crippen LogP contribution is 2.37. The van der Waals surface area contributed by atoms with E-state index in [4.69, 9.17) is 0 Å². The monoisotopic (exact) mass is 230 g/mol. The lowest BCUT2D eigenvalue weighted by atomic mass is 10.4. The summed E-state index contributed by atoms with van der Waals surface area (Å²) in [4.78, 5) is 0. The molecule has 60 valence electrons. The van der Waals surface area contributed by atoms with Crippen LogP contribution in [0.25, 0.3) is 0 Å². The second-order valence-electron chi connectivity index (χ2n) is 2.44. The normalized spacial score (nSPS) is 15.0. The van der Waals surface area contributed by atoms with Crippen molar-refractivity contribution in [1.29, 1.82) is 0 Å². The smallest absolute Gasteiger partial charge is 0.0157 e. The summed E-state index contributed by atoms with van der Waals surface area (Å²) >= 11 is 3.29. The molecule has 1 saturated carbocycles. The van der Waals surface area contributed by atoms with Crippen LogP contribution in [0, 0.1) is 0 Å². The second-order valence-corrected chi connectivity index (χ2v) is 4.41. The third kappa shape index (κ3) is 5.33. The Labute approximate surface area is 79.6 Å². The minimum Gasteiger partial charge on any atom is -0.0801 e. The van der Waals surface area contributed by atoms with Crippen LogP contribution >= 0.6 is 25.0 Å². The summed E-state index contributed by atoms with van der Waals surface area (Å²) in [6.07, 6.45) is 2.85. The van der Waals surface area contributed by atoms with Gasteiger partial charge in [-0.25, -0.2) is 0 Å². The zero-order valence-corrected chi connectivity index (χ0v) is 8.64. The van der Waals surface area contributed by atoms with E-state index >= 15 is 0 Å². The average molecular weight is 231 g/mol. The lowest BCUT2D eigenvalue weighted by molar-refractivity contribution is 1.50. The van der Waals surface area contributed by atoms with Crippen molar-refractivity contribution in [3.63, 3.8) is 0 Å². The van der Waals surface area contributed by atoms with E-state index < -0.39 is 0 Å². The molecule has 0 bridgehead atoms. The highest BCUT2D eigenvalue weighted by Gasteiger charge is 2.19. The summed E-state index contributed by atoms with van der Waals surface area (Å²) < 4.78 is 0. The van der Waals surface area contributed by atoms with E-state index in [-0.39, 0.29) is 0 Å². The average Bonchev–Trinajstić information content (AvgIpc) is 2.91. The predicted octanol–water partition coefficient (Wildman–Crippen LogP) is 3.88. The molecular formula is C9H11BrS. The molecule has 0 nitrogen and oxygen atoms in total. The van der Waals surface area contributed by atoms with Gasteiger partial charge in [-0.05, 0) is 27.7 Å². The summed E-state index contributed by atoms with van der Waals surface area (Å²) in [5.74, 6) is 0. The van der Waals surface area contributed by atoms with Crippen molar-refractivity contribution >= 4 is 25.0 Å². The van der Waals surface area contributed by atoms with E-state index in [1.54, 1.807) is 10.2 Å². The second kappa shape index (κ2) is 5.67.